The van der Waals surface area contributed by atoms with Crippen molar-refractivity contribution in [1.29, 1.82) is 0 Å². The number of hydrazone groups is 1. The van der Waals surface area contributed by atoms with Gasteiger partial charge in [-0.05, 0) is 53.2 Å². The Hall–Kier alpha value is -2.70. The molecule has 1 heterocycles. The van der Waals surface area contributed by atoms with Gasteiger partial charge in [-0.25, -0.2) is 5.01 Å². The summed E-state index contributed by atoms with van der Waals surface area (Å²) in [6, 6.07) is 26.6. The molecule has 3 aromatic rings. The number of rotatable bonds is 5. The van der Waals surface area contributed by atoms with E-state index < -0.39 is 0 Å². The number of hydrogen-bond acceptors (Lipinski definition) is 3. The van der Waals surface area contributed by atoms with Gasteiger partial charge in [0.1, 0.15) is 5.75 Å². The molecule has 1 atom stereocenters. The summed E-state index contributed by atoms with van der Waals surface area (Å²) in [5.74, 6) is 0.835. The molecule has 3 aromatic carbocycles. The van der Waals surface area contributed by atoms with Crippen LogP contribution in [0.1, 0.15) is 29.2 Å². The van der Waals surface area contributed by atoms with Gasteiger partial charge in [0.2, 0.25) is 0 Å². The minimum Gasteiger partial charge on any atom is -0.497 e. The third-order valence-corrected chi connectivity index (χ3v) is 5.94. The summed E-state index contributed by atoms with van der Waals surface area (Å²) in [4.78, 5) is 0. The molecule has 1 aliphatic rings. The lowest BCUT2D eigenvalue weighted by atomic mass is 9.98. The highest BCUT2D eigenvalue weighted by Gasteiger charge is 2.31. The van der Waals surface area contributed by atoms with Crippen molar-refractivity contribution >= 4 is 39.0 Å². The molecule has 0 saturated carbocycles. The lowest BCUT2D eigenvalue weighted by Gasteiger charge is -2.25. The summed E-state index contributed by atoms with van der Waals surface area (Å²) >= 11 is 9.24. The molecule has 0 aromatic heterocycles. The molecule has 0 radical (unpaired) electrons. The minimum atomic E-state index is 0.0327. The molecule has 0 saturated heterocycles. The summed E-state index contributed by atoms with van der Waals surface area (Å²) in [6.07, 6.45) is 0.779. The highest BCUT2D eigenvalue weighted by molar-refractivity contribution is 9.10. The second-order valence-corrected chi connectivity index (χ2v) is 8.34. The quantitative estimate of drug-likeness (QED) is 0.477. The van der Waals surface area contributed by atoms with Crippen LogP contribution in [-0.2, 0) is 6.54 Å². The monoisotopic (exact) mass is 479 g/mol. The van der Waals surface area contributed by atoms with Gasteiger partial charge < -0.3 is 10.1 Å². The smallest absolute Gasteiger partial charge is 0.190 e. The fraction of sp³-hybridized carbons (Fsp3) is 0.167. The third kappa shape index (κ3) is 4.71. The second kappa shape index (κ2) is 9.41. The van der Waals surface area contributed by atoms with E-state index >= 15 is 0 Å². The molecule has 4 nitrogen and oxygen atoms in total. The molecule has 0 spiro atoms. The van der Waals surface area contributed by atoms with Crippen molar-refractivity contribution in [2.75, 3.05) is 7.11 Å². The van der Waals surface area contributed by atoms with Crippen molar-refractivity contribution in [3.8, 4) is 5.75 Å². The molecule has 0 fully saturated rings. The highest BCUT2D eigenvalue weighted by Crippen LogP contribution is 2.34. The standard InChI is InChI=1S/C24H22BrN3OS/c1-29-21-13-9-19(10-14-21)23-15-22(18-7-11-20(25)12-8-18)27-28(23)24(30)26-16-17-5-3-2-4-6-17/h2-14,23H,15-16H2,1H3,(H,26,30). The first-order valence-corrected chi connectivity index (χ1v) is 10.9. The van der Waals surface area contributed by atoms with Crippen molar-refractivity contribution in [2.45, 2.75) is 19.0 Å². The fourth-order valence-corrected chi connectivity index (χ4v) is 3.96. The summed E-state index contributed by atoms with van der Waals surface area (Å²) in [6.45, 7) is 0.661. The van der Waals surface area contributed by atoms with E-state index in [1.807, 2.05) is 47.5 Å². The number of nitrogens with zero attached hydrogens (tertiary/aromatic N) is 2. The number of hydrogen-bond donors (Lipinski definition) is 1. The number of methoxy groups -OCH3 is 1. The van der Waals surface area contributed by atoms with E-state index in [0.717, 1.165) is 33.5 Å². The van der Waals surface area contributed by atoms with Crippen LogP contribution in [0.4, 0.5) is 0 Å². The molecule has 6 heteroatoms. The second-order valence-electron chi connectivity index (χ2n) is 7.04. The zero-order valence-electron chi connectivity index (χ0n) is 16.6. The van der Waals surface area contributed by atoms with Gasteiger partial charge >= 0.3 is 0 Å². The Bertz CT molecular complexity index is 1040. The van der Waals surface area contributed by atoms with E-state index in [0.29, 0.717) is 11.7 Å². The van der Waals surface area contributed by atoms with E-state index in [1.54, 1.807) is 7.11 Å². The van der Waals surface area contributed by atoms with Crippen molar-refractivity contribution < 1.29 is 4.74 Å². The van der Waals surface area contributed by atoms with E-state index in [9.17, 15) is 0 Å². The fourth-order valence-electron chi connectivity index (χ4n) is 3.45. The zero-order chi connectivity index (χ0) is 20.9. The first kappa shape index (κ1) is 20.6. The third-order valence-electron chi connectivity index (χ3n) is 5.08. The van der Waals surface area contributed by atoms with Crippen LogP contribution in [0.25, 0.3) is 0 Å². The molecule has 152 valence electrons. The maximum absolute atomic E-state index is 5.74. The highest BCUT2D eigenvalue weighted by atomic mass is 79.9. The molecule has 4 rings (SSSR count). The number of nitrogens with one attached hydrogen (secondary N) is 1. The molecular formula is C24H22BrN3OS. The van der Waals surface area contributed by atoms with Gasteiger partial charge in [0.05, 0.1) is 18.9 Å². The van der Waals surface area contributed by atoms with Gasteiger partial charge in [0.25, 0.3) is 0 Å². The number of ether oxygens (including phenoxy) is 1. The van der Waals surface area contributed by atoms with Gasteiger partial charge in [-0.3, -0.25) is 0 Å². The van der Waals surface area contributed by atoms with Crippen LogP contribution in [0, 0.1) is 0 Å². The maximum atomic E-state index is 5.74. The van der Waals surface area contributed by atoms with Crippen LogP contribution in [0.2, 0.25) is 0 Å². The predicted octanol–water partition coefficient (Wildman–Crippen LogP) is 5.68. The molecule has 0 bridgehead atoms. The number of benzene rings is 3. The van der Waals surface area contributed by atoms with Crippen LogP contribution >= 0.6 is 28.1 Å². The first-order chi connectivity index (χ1) is 14.6. The van der Waals surface area contributed by atoms with Crippen molar-refractivity contribution in [3.63, 3.8) is 0 Å². The average Bonchev–Trinajstić information content (AvgIpc) is 3.24. The molecule has 0 amide bonds. The van der Waals surface area contributed by atoms with Crippen LogP contribution in [0.5, 0.6) is 5.75 Å². The summed E-state index contributed by atoms with van der Waals surface area (Å²) in [7, 11) is 1.67. The minimum absolute atomic E-state index is 0.0327. The van der Waals surface area contributed by atoms with Gasteiger partial charge in [-0.2, -0.15) is 5.10 Å². The molecule has 30 heavy (non-hydrogen) atoms. The maximum Gasteiger partial charge on any atom is 0.190 e. The topological polar surface area (TPSA) is 36.9 Å². The Morgan fingerprint density at radius 3 is 2.43 bits per heavy atom. The Labute approximate surface area is 190 Å². The van der Waals surface area contributed by atoms with Crippen molar-refractivity contribution in [3.05, 3.63) is 100 Å². The number of thiocarbonyl (C=S) groups is 1. The average molecular weight is 480 g/mol. The molecule has 1 unspecified atom stereocenters. The van der Waals surface area contributed by atoms with Crippen LogP contribution in [0.3, 0.4) is 0 Å². The number of halogens is 1. The summed E-state index contributed by atoms with van der Waals surface area (Å²) < 4.78 is 6.36. The molecular weight excluding hydrogens is 458 g/mol. The summed E-state index contributed by atoms with van der Waals surface area (Å²) in [5, 5.41) is 10.8. The van der Waals surface area contributed by atoms with Crippen LogP contribution < -0.4 is 10.1 Å². The molecule has 1 N–H and O–H groups in total. The van der Waals surface area contributed by atoms with Gasteiger partial charge in [-0.1, -0.05) is 70.5 Å². The van der Waals surface area contributed by atoms with Gasteiger partial charge in [0, 0.05) is 17.4 Å². The van der Waals surface area contributed by atoms with Crippen LogP contribution in [-0.4, -0.2) is 22.9 Å². The van der Waals surface area contributed by atoms with E-state index in [1.165, 1.54) is 5.56 Å². The van der Waals surface area contributed by atoms with Crippen LogP contribution in [0.15, 0.2) is 88.4 Å². The largest absolute Gasteiger partial charge is 0.497 e. The van der Waals surface area contributed by atoms with Gasteiger partial charge in [0.15, 0.2) is 5.11 Å². The first-order valence-electron chi connectivity index (χ1n) is 9.72. The van der Waals surface area contributed by atoms with E-state index in [2.05, 4.69) is 57.6 Å². The Morgan fingerprint density at radius 1 is 1.07 bits per heavy atom. The zero-order valence-corrected chi connectivity index (χ0v) is 19.0. The Kier molecular flexibility index (Phi) is 6.45. The normalized spacial score (nSPS) is 15.6. The van der Waals surface area contributed by atoms with Crippen molar-refractivity contribution in [1.82, 2.24) is 10.3 Å². The summed E-state index contributed by atoms with van der Waals surface area (Å²) in [5.41, 5.74) is 4.45. The molecule has 0 aliphatic carbocycles. The Balaban J connectivity index is 1.58. The Morgan fingerprint density at radius 2 is 1.77 bits per heavy atom. The molecule has 1 aliphatic heterocycles. The van der Waals surface area contributed by atoms with E-state index in [-0.39, 0.29) is 6.04 Å². The van der Waals surface area contributed by atoms with E-state index in [4.69, 9.17) is 22.1 Å². The SMILES string of the molecule is COc1ccc(C2CC(c3ccc(Br)cc3)=NN2C(=S)NCc2ccccc2)cc1. The predicted molar refractivity (Wildman–Crippen MR) is 129 cm³/mol. The van der Waals surface area contributed by atoms with Gasteiger partial charge in [-0.15, -0.1) is 0 Å². The lowest BCUT2D eigenvalue weighted by molar-refractivity contribution is 0.363. The van der Waals surface area contributed by atoms with Crippen molar-refractivity contribution in [2.24, 2.45) is 5.10 Å². The lowest BCUT2D eigenvalue weighted by Crippen LogP contribution is -2.36.